The summed E-state index contributed by atoms with van der Waals surface area (Å²) in [6.07, 6.45) is -1.01. The summed E-state index contributed by atoms with van der Waals surface area (Å²) in [5.41, 5.74) is 3.22. The molecule has 4 aromatic carbocycles. The maximum atomic E-state index is 14.5. The van der Waals surface area contributed by atoms with Crippen molar-refractivity contribution in [3.63, 3.8) is 0 Å². The van der Waals surface area contributed by atoms with Gasteiger partial charge in [0.2, 0.25) is 5.91 Å². The number of aliphatic hydroxyl groups is 1. The number of aliphatic hydroxyl groups excluding tert-OH is 1. The fourth-order valence-corrected chi connectivity index (χ4v) is 5.40. The van der Waals surface area contributed by atoms with Crippen LogP contribution in [0.4, 0.5) is 16.2 Å². The van der Waals surface area contributed by atoms with Crippen molar-refractivity contribution < 1.29 is 24.2 Å². The van der Waals surface area contributed by atoms with E-state index < -0.39 is 36.1 Å². The molecule has 0 radical (unpaired) electrons. The van der Waals surface area contributed by atoms with Crippen LogP contribution in [0.3, 0.4) is 0 Å². The minimum Gasteiger partial charge on any atom is -0.497 e. The van der Waals surface area contributed by atoms with Crippen molar-refractivity contribution in [1.82, 2.24) is 4.90 Å². The van der Waals surface area contributed by atoms with Gasteiger partial charge in [-0.2, -0.15) is 0 Å². The van der Waals surface area contributed by atoms with Gasteiger partial charge in [-0.25, -0.2) is 9.69 Å². The topological polar surface area (TPSA) is 118 Å². The molecule has 9 heteroatoms. The van der Waals surface area contributed by atoms with E-state index >= 15 is 0 Å². The minimum atomic E-state index is -0.818. The van der Waals surface area contributed by atoms with Gasteiger partial charge in [0.25, 0.3) is 0 Å². The summed E-state index contributed by atoms with van der Waals surface area (Å²) in [5, 5.41) is 17.5. The molecule has 1 aliphatic heterocycles. The van der Waals surface area contributed by atoms with Gasteiger partial charge in [-0.1, -0.05) is 72.8 Å². The Morgan fingerprint density at radius 1 is 0.930 bits per heavy atom. The lowest BCUT2D eigenvalue weighted by Gasteiger charge is -2.32. The van der Waals surface area contributed by atoms with Gasteiger partial charge in [0.1, 0.15) is 24.1 Å². The molecule has 1 fully saturated rings. The molecule has 1 saturated heterocycles. The smallest absolute Gasteiger partial charge is 0.417 e. The van der Waals surface area contributed by atoms with Crippen molar-refractivity contribution >= 4 is 23.4 Å². The van der Waals surface area contributed by atoms with Crippen molar-refractivity contribution in [1.29, 1.82) is 0 Å². The van der Waals surface area contributed by atoms with E-state index in [1.165, 1.54) is 4.90 Å². The highest BCUT2D eigenvalue weighted by molar-refractivity contribution is 5.95. The normalized spacial score (nSPS) is 16.6. The number of cyclic esters (lactones) is 1. The van der Waals surface area contributed by atoms with Gasteiger partial charge in [-0.05, 0) is 71.1 Å². The molecule has 0 spiro atoms. The Hall–Kier alpha value is -5.02. The molecule has 0 saturated carbocycles. The van der Waals surface area contributed by atoms with Crippen LogP contribution in [0.5, 0.6) is 5.75 Å². The zero-order valence-corrected chi connectivity index (χ0v) is 23.7. The molecule has 1 aliphatic rings. The van der Waals surface area contributed by atoms with Gasteiger partial charge < -0.3 is 19.9 Å². The Bertz CT molecular complexity index is 1510. The quantitative estimate of drug-likeness (QED) is 0.172. The lowest BCUT2D eigenvalue weighted by molar-refractivity contribution is -0.134. The van der Waals surface area contributed by atoms with Crippen LogP contribution in [-0.2, 0) is 9.53 Å². The minimum absolute atomic E-state index is 0.0503. The summed E-state index contributed by atoms with van der Waals surface area (Å²) in [4.78, 5) is 39.8. The summed E-state index contributed by atoms with van der Waals surface area (Å²) < 4.78 is 10.8. The number of hydrogen-bond acceptors (Lipinski definition) is 8. The van der Waals surface area contributed by atoms with E-state index in [2.05, 4.69) is 10.5 Å². The third-order valence-corrected chi connectivity index (χ3v) is 7.72. The van der Waals surface area contributed by atoms with Crippen LogP contribution in [0.2, 0.25) is 0 Å². The van der Waals surface area contributed by atoms with Gasteiger partial charge in [-0.15, -0.1) is 4.91 Å². The van der Waals surface area contributed by atoms with E-state index in [0.29, 0.717) is 11.4 Å². The Balaban J connectivity index is 1.54. The Morgan fingerprint density at radius 2 is 1.58 bits per heavy atom. The number of methoxy groups -OCH3 is 1. The monoisotopic (exact) mass is 579 g/mol. The number of nitrogens with zero attached hydrogens (tertiary/aromatic N) is 2. The Kier molecular flexibility index (Phi) is 9.43. The molecule has 2 unspecified atom stereocenters. The number of nitrogens with one attached hydrogen (secondary N) is 1. The number of hydrogen-bond donors (Lipinski definition) is 2. The molecule has 9 nitrogen and oxygen atoms in total. The zero-order chi connectivity index (χ0) is 30.2. The highest BCUT2D eigenvalue weighted by Crippen LogP contribution is 2.38. The van der Waals surface area contributed by atoms with Crippen molar-refractivity contribution in [2.45, 2.75) is 31.0 Å². The Labute approximate surface area is 250 Å². The van der Waals surface area contributed by atoms with Gasteiger partial charge in [-0.3, -0.25) is 4.79 Å². The van der Waals surface area contributed by atoms with Gasteiger partial charge in [0.15, 0.2) is 0 Å². The first-order valence-electron chi connectivity index (χ1n) is 14.1. The molecular formula is C34H33N3O6. The van der Waals surface area contributed by atoms with Crippen molar-refractivity contribution in [2.75, 3.05) is 19.0 Å². The molecule has 2 amide bonds. The fourth-order valence-electron chi connectivity index (χ4n) is 5.40. The standard InChI is InChI=1S/C34H33N3O6/c1-42-28-18-12-25(13-19-28)32(35-26-14-16-27(36-41)17-15-26)29(20-21-31(38)24-10-6-3-7-11-24)33(39)37-30(22-43-34(37)40)23-8-4-2-5-9-23/h2-19,29-32,35,38H,20-22H2,1H3/t29?,30-,31+,32?/m1/s1. The molecule has 43 heavy (non-hydrogen) atoms. The molecule has 4 atom stereocenters. The van der Waals surface area contributed by atoms with Crippen molar-refractivity contribution in [2.24, 2.45) is 11.1 Å². The third kappa shape index (κ3) is 6.90. The third-order valence-electron chi connectivity index (χ3n) is 7.72. The highest BCUT2D eigenvalue weighted by Gasteiger charge is 2.44. The lowest BCUT2D eigenvalue weighted by Crippen LogP contribution is -2.42. The van der Waals surface area contributed by atoms with Gasteiger partial charge >= 0.3 is 6.09 Å². The number of rotatable bonds is 12. The SMILES string of the molecule is COc1ccc(C(Nc2ccc(N=O)cc2)C(CC[C@H](O)c2ccccc2)C(=O)N2C(=O)OC[C@@H]2c2ccccc2)cc1. The van der Waals surface area contributed by atoms with Crippen molar-refractivity contribution in [3.8, 4) is 5.75 Å². The van der Waals surface area contributed by atoms with Crippen LogP contribution in [-0.4, -0.2) is 35.7 Å². The number of benzene rings is 4. The first-order valence-corrected chi connectivity index (χ1v) is 14.1. The molecule has 0 aromatic heterocycles. The fraction of sp³-hybridized carbons (Fsp3) is 0.235. The van der Waals surface area contributed by atoms with Gasteiger partial charge in [0.05, 0.1) is 25.2 Å². The zero-order valence-electron chi connectivity index (χ0n) is 23.7. The molecule has 4 aromatic rings. The first kappa shape index (κ1) is 29.5. The van der Waals surface area contributed by atoms with Crippen molar-refractivity contribution in [3.05, 3.63) is 131 Å². The van der Waals surface area contributed by atoms with E-state index in [1.807, 2.05) is 72.8 Å². The average Bonchev–Trinajstić information content (AvgIpc) is 3.46. The largest absolute Gasteiger partial charge is 0.497 e. The number of ether oxygens (including phenoxy) is 2. The molecule has 220 valence electrons. The maximum absolute atomic E-state index is 14.5. The second kappa shape index (κ2) is 13.8. The van der Waals surface area contributed by atoms with E-state index in [-0.39, 0.29) is 25.1 Å². The Morgan fingerprint density at radius 3 is 2.21 bits per heavy atom. The molecule has 1 heterocycles. The van der Waals surface area contributed by atoms with E-state index in [9.17, 15) is 19.6 Å². The molecule has 0 bridgehead atoms. The number of amides is 2. The molecule has 0 aliphatic carbocycles. The van der Waals surface area contributed by atoms with E-state index in [0.717, 1.165) is 16.7 Å². The van der Waals surface area contributed by atoms with E-state index in [1.54, 1.807) is 43.5 Å². The summed E-state index contributed by atoms with van der Waals surface area (Å²) in [7, 11) is 1.58. The number of anilines is 1. The maximum Gasteiger partial charge on any atom is 0.417 e. The number of carbonyl (C=O) groups excluding carboxylic acids is 2. The second-order valence-electron chi connectivity index (χ2n) is 10.4. The molecule has 2 N–H and O–H groups in total. The van der Waals surface area contributed by atoms with Crippen LogP contribution in [0, 0.1) is 10.8 Å². The van der Waals surface area contributed by atoms with Crippen LogP contribution < -0.4 is 10.1 Å². The first-order chi connectivity index (χ1) is 21.0. The second-order valence-corrected chi connectivity index (χ2v) is 10.4. The highest BCUT2D eigenvalue weighted by atomic mass is 16.6. The summed E-state index contributed by atoms with van der Waals surface area (Å²) in [6, 6.07) is 31.3. The van der Waals surface area contributed by atoms with Crippen LogP contribution >= 0.6 is 0 Å². The van der Waals surface area contributed by atoms with Crippen LogP contribution in [0.15, 0.2) is 114 Å². The lowest BCUT2D eigenvalue weighted by atomic mass is 9.85. The number of nitroso groups, excluding NO2 is 1. The summed E-state index contributed by atoms with van der Waals surface area (Å²) in [5.74, 6) is -0.567. The predicted molar refractivity (Wildman–Crippen MR) is 163 cm³/mol. The number of imide groups is 1. The van der Waals surface area contributed by atoms with Crippen LogP contribution in [0.25, 0.3) is 0 Å². The van der Waals surface area contributed by atoms with Gasteiger partial charge in [0, 0.05) is 5.69 Å². The van der Waals surface area contributed by atoms with Crippen LogP contribution in [0.1, 0.15) is 47.7 Å². The summed E-state index contributed by atoms with van der Waals surface area (Å²) >= 11 is 0. The average molecular weight is 580 g/mol. The predicted octanol–water partition coefficient (Wildman–Crippen LogP) is 7.10. The molecular weight excluding hydrogens is 546 g/mol. The van der Waals surface area contributed by atoms with E-state index in [4.69, 9.17) is 9.47 Å². The molecule has 5 rings (SSSR count). The summed E-state index contributed by atoms with van der Waals surface area (Å²) in [6.45, 7) is 0.0503. The number of carbonyl (C=O) groups is 2.